The van der Waals surface area contributed by atoms with E-state index >= 15 is 0 Å². The topological polar surface area (TPSA) is 35.9 Å². The van der Waals surface area contributed by atoms with Gasteiger partial charge < -0.3 is 14.7 Å². The minimum Gasteiger partial charge on any atom is -0.394 e. The van der Waals surface area contributed by atoms with Gasteiger partial charge in [-0.2, -0.15) is 0 Å². The highest BCUT2D eigenvalue weighted by Crippen LogP contribution is 2.19. The number of hydrogen-bond acceptors (Lipinski definition) is 4. The van der Waals surface area contributed by atoms with Crippen molar-refractivity contribution in [3.05, 3.63) is 29.8 Å². The molecule has 1 saturated heterocycles. The van der Waals surface area contributed by atoms with Crippen LogP contribution in [0.2, 0.25) is 0 Å². The van der Waals surface area contributed by atoms with E-state index in [-0.39, 0.29) is 6.61 Å². The summed E-state index contributed by atoms with van der Waals surface area (Å²) in [7, 11) is 0. The Labute approximate surface area is 122 Å². The van der Waals surface area contributed by atoms with Crippen molar-refractivity contribution in [2.24, 2.45) is 0 Å². The zero-order valence-corrected chi connectivity index (χ0v) is 12.6. The van der Waals surface area contributed by atoms with Crippen LogP contribution in [-0.2, 0) is 4.74 Å². The molecule has 0 aliphatic carbocycles. The van der Waals surface area contributed by atoms with Crippen molar-refractivity contribution in [3.8, 4) is 0 Å². The smallest absolute Gasteiger partial charge is 0.0698 e. The zero-order chi connectivity index (χ0) is 14.4. The maximum absolute atomic E-state index is 8.69. The molecule has 1 aliphatic rings. The quantitative estimate of drug-likeness (QED) is 0.800. The Morgan fingerprint density at radius 1 is 1.20 bits per heavy atom. The molecule has 0 amide bonds. The molecular weight excluding hydrogens is 252 g/mol. The molecule has 20 heavy (non-hydrogen) atoms. The largest absolute Gasteiger partial charge is 0.394 e. The Bertz CT molecular complexity index is 394. The predicted octanol–water partition coefficient (Wildman–Crippen LogP) is 1.51. The average Bonchev–Trinajstić information content (AvgIpc) is 2.46. The molecule has 0 aromatic heterocycles. The molecular formula is C16H26N2O2. The van der Waals surface area contributed by atoms with Gasteiger partial charge in [0.25, 0.3) is 0 Å². The highest BCUT2D eigenvalue weighted by atomic mass is 16.5. The van der Waals surface area contributed by atoms with Gasteiger partial charge in [-0.1, -0.05) is 17.7 Å². The van der Waals surface area contributed by atoms with Gasteiger partial charge in [-0.25, -0.2) is 0 Å². The van der Waals surface area contributed by atoms with Crippen LogP contribution in [0.15, 0.2) is 24.3 Å². The average molecular weight is 278 g/mol. The first kappa shape index (κ1) is 15.3. The van der Waals surface area contributed by atoms with Crippen molar-refractivity contribution in [1.29, 1.82) is 0 Å². The summed E-state index contributed by atoms with van der Waals surface area (Å²) in [4.78, 5) is 4.91. The minimum atomic E-state index is 0.108. The summed E-state index contributed by atoms with van der Waals surface area (Å²) in [6, 6.07) is 9.30. The van der Waals surface area contributed by atoms with Crippen molar-refractivity contribution in [2.75, 3.05) is 50.9 Å². The van der Waals surface area contributed by atoms with Gasteiger partial charge in [0.1, 0.15) is 0 Å². The highest BCUT2D eigenvalue weighted by molar-refractivity contribution is 5.48. The second kappa shape index (κ2) is 7.62. The first-order valence-electron chi connectivity index (χ1n) is 7.45. The standard InChI is InChI=1S/C16H26N2O2/c1-14-3-5-16(6-4-14)18-8-7-17(15(2)13-18)9-11-20-12-10-19/h3-6,15,19H,7-13H2,1-2H3/t15-/m0/s1. The Morgan fingerprint density at radius 3 is 2.60 bits per heavy atom. The van der Waals surface area contributed by atoms with Crippen LogP contribution in [0.4, 0.5) is 5.69 Å². The first-order chi connectivity index (χ1) is 9.70. The molecule has 0 radical (unpaired) electrons. The maximum atomic E-state index is 8.69. The van der Waals surface area contributed by atoms with E-state index in [1.54, 1.807) is 0 Å². The molecule has 0 spiro atoms. The molecule has 0 unspecified atom stereocenters. The van der Waals surface area contributed by atoms with Crippen LogP contribution in [0, 0.1) is 6.92 Å². The molecule has 1 aliphatic heterocycles. The number of piperazine rings is 1. The van der Waals surface area contributed by atoms with Gasteiger partial charge in [0.05, 0.1) is 19.8 Å². The molecule has 0 bridgehead atoms. The van der Waals surface area contributed by atoms with Gasteiger partial charge in [0.15, 0.2) is 0 Å². The zero-order valence-electron chi connectivity index (χ0n) is 12.6. The summed E-state index contributed by atoms with van der Waals surface area (Å²) in [5.74, 6) is 0. The van der Waals surface area contributed by atoms with E-state index in [9.17, 15) is 0 Å². The van der Waals surface area contributed by atoms with Gasteiger partial charge >= 0.3 is 0 Å². The van der Waals surface area contributed by atoms with Crippen molar-refractivity contribution >= 4 is 5.69 Å². The number of aliphatic hydroxyl groups excluding tert-OH is 1. The van der Waals surface area contributed by atoms with E-state index in [1.165, 1.54) is 11.3 Å². The number of nitrogens with zero attached hydrogens (tertiary/aromatic N) is 2. The van der Waals surface area contributed by atoms with Crippen LogP contribution in [0.3, 0.4) is 0 Å². The third kappa shape index (κ3) is 4.20. The van der Waals surface area contributed by atoms with Crippen molar-refractivity contribution < 1.29 is 9.84 Å². The number of hydrogen-bond donors (Lipinski definition) is 1. The predicted molar refractivity (Wildman–Crippen MR) is 82.3 cm³/mol. The van der Waals surface area contributed by atoms with E-state index in [4.69, 9.17) is 9.84 Å². The molecule has 1 N–H and O–H groups in total. The summed E-state index contributed by atoms with van der Waals surface area (Å²) in [5.41, 5.74) is 2.63. The molecule has 4 nitrogen and oxygen atoms in total. The maximum Gasteiger partial charge on any atom is 0.0698 e. The van der Waals surface area contributed by atoms with Crippen LogP contribution >= 0.6 is 0 Å². The first-order valence-corrected chi connectivity index (χ1v) is 7.45. The lowest BCUT2D eigenvalue weighted by Gasteiger charge is -2.41. The Balaban J connectivity index is 1.81. The van der Waals surface area contributed by atoms with Gasteiger partial charge in [-0.3, -0.25) is 4.90 Å². The third-order valence-corrected chi connectivity index (χ3v) is 3.92. The van der Waals surface area contributed by atoms with Crippen LogP contribution < -0.4 is 4.90 Å². The fourth-order valence-electron chi connectivity index (χ4n) is 2.67. The molecule has 1 atom stereocenters. The van der Waals surface area contributed by atoms with Crippen LogP contribution in [-0.4, -0.2) is 62.0 Å². The summed E-state index contributed by atoms with van der Waals surface area (Å²) >= 11 is 0. The number of ether oxygens (including phenoxy) is 1. The van der Waals surface area contributed by atoms with Crippen molar-refractivity contribution in [2.45, 2.75) is 19.9 Å². The lowest BCUT2D eigenvalue weighted by atomic mass is 10.1. The van der Waals surface area contributed by atoms with Crippen molar-refractivity contribution in [3.63, 3.8) is 0 Å². The lowest BCUT2D eigenvalue weighted by Crippen LogP contribution is -2.52. The van der Waals surface area contributed by atoms with Gasteiger partial charge in [0.2, 0.25) is 0 Å². The summed E-state index contributed by atoms with van der Waals surface area (Å²) in [5, 5.41) is 8.69. The number of aryl methyl sites for hydroxylation is 1. The number of benzene rings is 1. The second-order valence-corrected chi connectivity index (χ2v) is 5.50. The molecule has 1 aromatic carbocycles. The fourth-order valence-corrected chi connectivity index (χ4v) is 2.67. The molecule has 0 saturated carbocycles. The number of anilines is 1. The van der Waals surface area contributed by atoms with Gasteiger partial charge in [-0.05, 0) is 26.0 Å². The minimum absolute atomic E-state index is 0.108. The van der Waals surface area contributed by atoms with Crippen LogP contribution in [0.1, 0.15) is 12.5 Å². The Kier molecular flexibility index (Phi) is 5.83. The van der Waals surface area contributed by atoms with E-state index < -0.39 is 0 Å². The molecule has 1 heterocycles. The number of aliphatic hydroxyl groups is 1. The Hall–Kier alpha value is -1.10. The van der Waals surface area contributed by atoms with E-state index in [1.807, 2.05) is 0 Å². The van der Waals surface area contributed by atoms with Crippen molar-refractivity contribution in [1.82, 2.24) is 4.90 Å². The SMILES string of the molecule is Cc1ccc(N2CCN(CCOCCO)[C@@H](C)C2)cc1. The monoisotopic (exact) mass is 278 g/mol. The third-order valence-electron chi connectivity index (χ3n) is 3.92. The van der Waals surface area contributed by atoms with E-state index in [0.29, 0.717) is 19.3 Å². The second-order valence-electron chi connectivity index (χ2n) is 5.50. The van der Waals surface area contributed by atoms with Gasteiger partial charge in [-0.15, -0.1) is 0 Å². The summed E-state index contributed by atoms with van der Waals surface area (Å²) < 4.78 is 5.35. The van der Waals surface area contributed by atoms with E-state index in [0.717, 1.165) is 26.2 Å². The molecule has 2 rings (SSSR count). The highest BCUT2D eigenvalue weighted by Gasteiger charge is 2.23. The van der Waals surface area contributed by atoms with E-state index in [2.05, 4.69) is 47.9 Å². The summed E-state index contributed by atoms with van der Waals surface area (Å²) in [6.07, 6.45) is 0. The molecule has 1 aromatic rings. The Morgan fingerprint density at radius 2 is 1.95 bits per heavy atom. The summed E-state index contributed by atoms with van der Waals surface area (Å²) in [6.45, 7) is 9.78. The van der Waals surface area contributed by atoms with Crippen LogP contribution in [0.25, 0.3) is 0 Å². The fraction of sp³-hybridized carbons (Fsp3) is 0.625. The lowest BCUT2D eigenvalue weighted by molar-refractivity contribution is 0.0624. The number of rotatable bonds is 6. The van der Waals surface area contributed by atoms with Gasteiger partial charge in [0, 0.05) is 37.9 Å². The molecule has 112 valence electrons. The normalized spacial score (nSPS) is 20.4. The molecule has 1 fully saturated rings. The molecule has 4 heteroatoms. The van der Waals surface area contributed by atoms with Crippen LogP contribution in [0.5, 0.6) is 0 Å².